The van der Waals surface area contributed by atoms with Crippen LogP contribution in [0.4, 0.5) is 11.4 Å². The van der Waals surface area contributed by atoms with Crippen LogP contribution in [0.2, 0.25) is 0 Å². The molecule has 0 aliphatic rings. The smallest absolute Gasteiger partial charge is 0.152 e. The lowest BCUT2D eigenvalue weighted by atomic mass is 10.0. The Labute approximate surface area is 93.7 Å². The molecule has 0 aromatic heterocycles. The van der Waals surface area contributed by atoms with E-state index in [1.54, 1.807) is 6.07 Å². The molecule has 0 aliphatic carbocycles. The van der Waals surface area contributed by atoms with Crippen molar-refractivity contribution in [2.75, 3.05) is 11.5 Å². The SMILES string of the molecule is Nc1c(C=O)ccc(-c2ccccc2)c1N. The third kappa shape index (κ3) is 1.63. The van der Waals surface area contributed by atoms with Crippen molar-refractivity contribution >= 4 is 17.7 Å². The van der Waals surface area contributed by atoms with Gasteiger partial charge in [0.2, 0.25) is 0 Å². The molecule has 2 rings (SSSR count). The Morgan fingerprint density at radius 3 is 2.19 bits per heavy atom. The molecule has 16 heavy (non-hydrogen) atoms. The van der Waals surface area contributed by atoms with Gasteiger partial charge in [0.25, 0.3) is 0 Å². The van der Waals surface area contributed by atoms with Gasteiger partial charge in [-0.25, -0.2) is 0 Å². The van der Waals surface area contributed by atoms with E-state index in [4.69, 9.17) is 11.5 Å². The molecule has 0 heterocycles. The monoisotopic (exact) mass is 212 g/mol. The van der Waals surface area contributed by atoms with Crippen molar-refractivity contribution in [3.8, 4) is 11.1 Å². The minimum Gasteiger partial charge on any atom is -0.397 e. The first-order chi connectivity index (χ1) is 7.74. The molecule has 0 saturated carbocycles. The van der Waals surface area contributed by atoms with E-state index in [1.165, 1.54) is 0 Å². The van der Waals surface area contributed by atoms with Crippen LogP contribution in [0.15, 0.2) is 42.5 Å². The third-order valence-electron chi connectivity index (χ3n) is 2.53. The van der Waals surface area contributed by atoms with Gasteiger partial charge >= 0.3 is 0 Å². The van der Waals surface area contributed by atoms with Gasteiger partial charge < -0.3 is 11.5 Å². The Hall–Kier alpha value is -2.29. The Bertz CT molecular complexity index is 521. The van der Waals surface area contributed by atoms with Crippen molar-refractivity contribution in [1.82, 2.24) is 0 Å². The van der Waals surface area contributed by atoms with Crippen LogP contribution in [0, 0.1) is 0 Å². The summed E-state index contributed by atoms with van der Waals surface area (Å²) < 4.78 is 0. The molecular formula is C13H12N2O. The lowest BCUT2D eigenvalue weighted by Crippen LogP contribution is -2.01. The fraction of sp³-hybridized carbons (Fsp3) is 0. The molecule has 2 aromatic rings. The number of nitrogens with two attached hydrogens (primary N) is 2. The second kappa shape index (κ2) is 4.06. The van der Waals surface area contributed by atoms with Gasteiger partial charge in [0.05, 0.1) is 11.4 Å². The zero-order chi connectivity index (χ0) is 11.5. The number of anilines is 2. The van der Waals surface area contributed by atoms with Gasteiger partial charge in [-0.05, 0) is 11.6 Å². The zero-order valence-electron chi connectivity index (χ0n) is 8.68. The summed E-state index contributed by atoms with van der Waals surface area (Å²) in [6, 6.07) is 13.2. The molecule has 0 saturated heterocycles. The van der Waals surface area contributed by atoms with Crippen LogP contribution in [0.1, 0.15) is 10.4 Å². The molecule has 0 bridgehead atoms. The Morgan fingerprint density at radius 1 is 0.875 bits per heavy atom. The highest BCUT2D eigenvalue weighted by Crippen LogP contribution is 2.31. The molecule has 0 amide bonds. The molecule has 3 nitrogen and oxygen atoms in total. The number of hydrogen-bond donors (Lipinski definition) is 2. The standard InChI is InChI=1S/C13H12N2O/c14-12-10(8-16)6-7-11(13(12)15)9-4-2-1-3-5-9/h1-8H,14-15H2. The van der Waals surface area contributed by atoms with E-state index >= 15 is 0 Å². The highest BCUT2D eigenvalue weighted by Gasteiger charge is 2.08. The normalized spacial score (nSPS) is 10.0. The summed E-state index contributed by atoms with van der Waals surface area (Å²) in [6.07, 6.45) is 0.709. The largest absolute Gasteiger partial charge is 0.397 e. The Morgan fingerprint density at radius 2 is 1.56 bits per heavy atom. The minimum atomic E-state index is 0.344. The highest BCUT2D eigenvalue weighted by molar-refractivity contribution is 5.94. The van der Waals surface area contributed by atoms with Gasteiger partial charge in [-0.3, -0.25) is 4.79 Å². The topological polar surface area (TPSA) is 69.1 Å². The quantitative estimate of drug-likeness (QED) is 0.593. The van der Waals surface area contributed by atoms with E-state index in [-0.39, 0.29) is 0 Å². The lowest BCUT2D eigenvalue weighted by Gasteiger charge is -2.09. The first-order valence-corrected chi connectivity index (χ1v) is 4.92. The van der Waals surface area contributed by atoms with Crippen molar-refractivity contribution in [1.29, 1.82) is 0 Å². The second-order valence-corrected chi connectivity index (χ2v) is 3.51. The fourth-order valence-electron chi connectivity index (χ4n) is 1.63. The number of benzene rings is 2. The molecule has 0 fully saturated rings. The molecule has 4 N–H and O–H groups in total. The van der Waals surface area contributed by atoms with E-state index in [1.807, 2.05) is 36.4 Å². The van der Waals surface area contributed by atoms with Crippen molar-refractivity contribution in [3.63, 3.8) is 0 Å². The number of rotatable bonds is 2. The number of carbonyl (C=O) groups excluding carboxylic acids is 1. The number of aldehydes is 1. The predicted molar refractivity (Wildman–Crippen MR) is 66.1 cm³/mol. The molecular weight excluding hydrogens is 200 g/mol. The van der Waals surface area contributed by atoms with Crippen molar-refractivity contribution in [3.05, 3.63) is 48.0 Å². The fourth-order valence-corrected chi connectivity index (χ4v) is 1.63. The number of hydrogen-bond acceptors (Lipinski definition) is 3. The molecule has 0 unspecified atom stereocenters. The number of nitrogen functional groups attached to an aromatic ring is 2. The maximum Gasteiger partial charge on any atom is 0.152 e. The molecule has 0 radical (unpaired) electrons. The summed E-state index contributed by atoms with van der Waals surface area (Å²) >= 11 is 0. The van der Waals surface area contributed by atoms with Crippen LogP contribution in [-0.2, 0) is 0 Å². The third-order valence-corrected chi connectivity index (χ3v) is 2.53. The van der Waals surface area contributed by atoms with Crippen LogP contribution in [0.5, 0.6) is 0 Å². The number of carbonyl (C=O) groups is 1. The van der Waals surface area contributed by atoms with E-state index in [2.05, 4.69) is 0 Å². The van der Waals surface area contributed by atoms with Crippen LogP contribution >= 0.6 is 0 Å². The molecule has 0 aliphatic heterocycles. The average Bonchev–Trinajstić information content (AvgIpc) is 2.34. The molecule has 0 spiro atoms. The summed E-state index contributed by atoms with van der Waals surface area (Å²) in [7, 11) is 0. The van der Waals surface area contributed by atoms with E-state index < -0.39 is 0 Å². The van der Waals surface area contributed by atoms with Crippen molar-refractivity contribution < 1.29 is 4.79 Å². The summed E-state index contributed by atoms with van der Waals surface area (Å²) in [5.41, 5.74) is 14.7. The van der Waals surface area contributed by atoms with Crippen LogP contribution < -0.4 is 11.5 Å². The maximum absolute atomic E-state index is 10.7. The molecule has 80 valence electrons. The predicted octanol–water partition coefficient (Wildman–Crippen LogP) is 2.33. The Balaban J connectivity index is 2.60. The van der Waals surface area contributed by atoms with Gasteiger partial charge in [-0.1, -0.05) is 36.4 Å². The lowest BCUT2D eigenvalue weighted by molar-refractivity contribution is 0.112. The van der Waals surface area contributed by atoms with Crippen LogP contribution in [0.25, 0.3) is 11.1 Å². The van der Waals surface area contributed by atoms with Crippen molar-refractivity contribution in [2.45, 2.75) is 0 Å². The zero-order valence-corrected chi connectivity index (χ0v) is 8.68. The summed E-state index contributed by atoms with van der Waals surface area (Å²) in [4.78, 5) is 10.7. The van der Waals surface area contributed by atoms with Crippen LogP contribution in [0.3, 0.4) is 0 Å². The first-order valence-electron chi connectivity index (χ1n) is 4.92. The summed E-state index contributed by atoms with van der Waals surface area (Å²) in [6.45, 7) is 0. The maximum atomic E-state index is 10.7. The molecule has 2 aromatic carbocycles. The van der Waals surface area contributed by atoms with Gasteiger partial charge in [0, 0.05) is 11.1 Å². The van der Waals surface area contributed by atoms with Gasteiger partial charge in [0.15, 0.2) is 6.29 Å². The summed E-state index contributed by atoms with van der Waals surface area (Å²) in [5.74, 6) is 0. The second-order valence-electron chi connectivity index (χ2n) is 3.51. The first kappa shape index (κ1) is 10.2. The van der Waals surface area contributed by atoms with E-state index in [0.29, 0.717) is 23.2 Å². The van der Waals surface area contributed by atoms with Gasteiger partial charge in [0.1, 0.15) is 0 Å². The van der Waals surface area contributed by atoms with Gasteiger partial charge in [-0.15, -0.1) is 0 Å². The van der Waals surface area contributed by atoms with Crippen molar-refractivity contribution in [2.24, 2.45) is 0 Å². The Kier molecular flexibility index (Phi) is 2.60. The van der Waals surface area contributed by atoms with E-state index in [0.717, 1.165) is 11.1 Å². The molecule has 3 heteroatoms. The van der Waals surface area contributed by atoms with E-state index in [9.17, 15) is 4.79 Å². The summed E-state index contributed by atoms with van der Waals surface area (Å²) in [5, 5.41) is 0. The average molecular weight is 212 g/mol. The molecule has 0 atom stereocenters. The highest BCUT2D eigenvalue weighted by atomic mass is 16.1. The minimum absolute atomic E-state index is 0.344. The van der Waals surface area contributed by atoms with Crippen LogP contribution in [-0.4, -0.2) is 6.29 Å². The van der Waals surface area contributed by atoms with Gasteiger partial charge in [-0.2, -0.15) is 0 Å².